The van der Waals surface area contributed by atoms with Crippen molar-refractivity contribution in [2.45, 2.75) is 418 Å². The van der Waals surface area contributed by atoms with Crippen LogP contribution in [0.4, 0.5) is 0 Å². The van der Waals surface area contributed by atoms with Gasteiger partial charge in [0.25, 0.3) is 7.82 Å². The molecular weight excluding hydrogens is 1160 g/mol. The summed E-state index contributed by atoms with van der Waals surface area (Å²) in [6, 6.07) is 0. The SMILES string of the molecule is CCCCCCC/C=C\C/C=C\C/C=C\CCCCCCCCCCCCCCCCCCCCC(=O)OC(COC(=O)CCCCCCCCCCCCCCCCCCCCCCCCC/C=C\CCCCCCCCCC)COP(=O)([O-])OCC[N+](C)(C)C. The largest absolute Gasteiger partial charge is 0.756 e. The number of quaternary nitrogens is 1. The van der Waals surface area contributed by atoms with Crippen molar-refractivity contribution in [2.24, 2.45) is 0 Å². The molecule has 0 aromatic carbocycles. The third kappa shape index (κ3) is 77.0. The first-order chi connectivity index (χ1) is 45.0. The maximum atomic E-state index is 12.9. The minimum absolute atomic E-state index is 0.0283. The Labute approximate surface area is 573 Å². The number of nitrogens with zero attached hydrogens (tertiary/aromatic N) is 1. The van der Waals surface area contributed by atoms with Crippen molar-refractivity contribution in [2.75, 3.05) is 47.5 Å². The fourth-order valence-corrected chi connectivity index (χ4v) is 12.9. The summed E-state index contributed by atoms with van der Waals surface area (Å²) in [6.45, 7) is 4.30. The number of carbonyl (C=O) groups excluding carboxylic acids is 2. The van der Waals surface area contributed by atoms with Crippen LogP contribution in [0.5, 0.6) is 0 Å². The van der Waals surface area contributed by atoms with E-state index in [2.05, 4.69) is 62.5 Å². The number of rotatable bonds is 76. The molecule has 0 aromatic rings. The van der Waals surface area contributed by atoms with E-state index in [0.717, 1.165) is 44.9 Å². The molecule has 0 saturated carbocycles. The smallest absolute Gasteiger partial charge is 0.306 e. The van der Waals surface area contributed by atoms with Gasteiger partial charge in [0.15, 0.2) is 6.10 Å². The lowest BCUT2D eigenvalue weighted by molar-refractivity contribution is -0.870. The molecule has 0 aliphatic carbocycles. The number of allylic oxidation sites excluding steroid dienone is 8. The summed E-state index contributed by atoms with van der Waals surface area (Å²) >= 11 is 0. The van der Waals surface area contributed by atoms with Crippen LogP contribution in [-0.4, -0.2) is 70.0 Å². The van der Waals surface area contributed by atoms with Gasteiger partial charge >= 0.3 is 11.9 Å². The number of likely N-dealkylation sites (N-methyl/N-ethyl adjacent to an activating group) is 1. The van der Waals surface area contributed by atoms with Crippen molar-refractivity contribution >= 4 is 19.8 Å². The van der Waals surface area contributed by atoms with Crippen molar-refractivity contribution in [1.82, 2.24) is 0 Å². The molecule has 0 heterocycles. The molecule has 9 nitrogen and oxygen atoms in total. The Morgan fingerprint density at radius 1 is 0.337 bits per heavy atom. The Morgan fingerprint density at radius 3 is 0.880 bits per heavy atom. The summed E-state index contributed by atoms with van der Waals surface area (Å²) in [7, 11) is 1.19. The Balaban J connectivity index is 3.92. The maximum Gasteiger partial charge on any atom is 0.306 e. The van der Waals surface area contributed by atoms with Crippen molar-refractivity contribution < 1.29 is 42.1 Å². The third-order valence-electron chi connectivity index (χ3n) is 18.3. The Bertz CT molecular complexity index is 1690. The molecule has 0 radical (unpaired) electrons. The van der Waals surface area contributed by atoms with Gasteiger partial charge in [0.1, 0.15) is 19.8 Å². The molecule has 0 rings (SSSR count). The quantitative estimate of drug-likeness (QED) is 0.0195. The molecule has 2 atom stereocenters. The summed E-state index contributed by atoms with van der Waals surface area (Å²) in [5.41, 5.74) is 0. The molecule has 0 saturated heterocycles. The van der Waals surface area contributed by atoms with Gasteiger partial charge in [-0.2, -0.15) is 0 Å². The van der Waals surface area contributed by atoms with Gasteiger partial charge in [-0.15, -0.1) is 0 Å². The Kier molecular flexibility index (Phi) is 71.6. The van der Waals surface area contributed by atoms with Crippen LogP contribution in [0.1, 0.15) is 412 Å². The molecule has 0 bridgehead atoms. The molecule has 2 unspecified atom stereocenters. The molecule has 0 amide bonds. The Hall–Kier alpha value is -2.03. The highest BCUT2D eigenvalue weighted by atomic mass is 31.2. The van der Waals surface area contributed by atoms with Crippen LogP contribution in [0.15, 0.2) is 48.6 Å². The Morgan fingerprint density at radius 2 is 0.587 bits per heavy atom. The van der Waals surface area contributed by atoms with Gasteiger partial charge < -0.3 is 27.9 Å². The number of ether oxygens (including phenoxy) is 2. The van der Waals surface area contributed by atoms with Crippen LogP contribution in [0, 0.1) is 0 Å². The first-order valence-electron chi connectivity index (χ1n) is 40.3. The lowest BCUT2D eigenvalue weighted by Crippen LogP contribution is -2.37. The van der Waals surface area contributed by atoms with Crippen molar-refractivity contribution in [1.29, 1.82) is 0 Å². The highest BCUT2D eigenvalue weighted by Gasteiger charge is 2.22. The number of carbonyl (C=O) groups is 2. The highest BCUT2D eigenvalue weighted by molar-refractivity contribution is 7.45. The minimum atomic E-state index is -4.64. The molecule has 0 aliphatic rings. The van der Waals surface area contributed by atoms with Gasteiger partial charge in [-0.1, -0.05) is 371 Å². The summed E-state index contributed by atoms with van der Waals surface area (Å²) < 4.78 is 34.4. The fraction of sp³-hybridized carbons (Fsp3) is 0.878. The zero-order valence-electron chi connectivity index (χ0n) is 62.0. The second-order valence-corrected chi connectivity index (χ2v) is 30.2. The first-order valence-corrected chi connectivity index (χ1v) is 41.8. The predicted molar refractivity (Wildman–Crippen MR) is 397 cm³/mol. The summed E-state index contributed by atoms with van der Waals surface area (Å²) in [5, 5.41) is 0. The number of hydrogen-bond acceptors (Lipinski definition) is 8. The molecule has 0 spiro atoms. The average molecular weight is 1320 g/mol. The number of phosphoric acid groups is 1. The number of hydrogen-bond donors (Lipinski definition) is 0. The van der Waals surface area contributed by atoms with E-state index in [1.54, 1.807) is 0 Å². The summed E-state index contributed by atoms with van der Waals surface area (Å²) in [4.78, 5) is 38.2. The minimum Gasteiger partial charge on any atom is -0.756 e. The van der Waals surface area contributed by atoms with E-state index in [4.69, 9.17) is 18.5 Å². The van der Waals surface area contributed by atoms with E-state index < -0.39 is 26.5 Å². The van der Waals surface area contributed by atoms with Crippen LogP contribution < -0.4 is 4.89 Å². The summed E-state index contributed by atoms with van der Waals surface area (Å²) in [5.74, 6) is -0.810. The van der Waals surface area contributed by atoms with E-state index in [-0.39, 0.29) is 32.0 Å². The second kappa shape index (κ2) is 73.2. The molecule has 542 valence electrons. The normalized spacial score (nSPS) is 13.2. The van der Waals surface area contributed by atoms with Gasteiger partial charge in [0.2, 0.25) is 0 Å². The molecule has 0 fully saturated rings. The van der Waals surface area contributed by atoms with E-state index in [9.17, 15) is 19.0 Å². The van der Waals surface area contributed by atoms with Crippen molar-refractivity contribution in [3.05, 3.63) is 48.6 Å². The van der Waals surface area contributed by atoms with Crippen molar-refractivity contribution in [3.63, 3.8) is 0 Å². The number of unbranched alkanes of at least 4 members (excludes halogenated alkanes) is 54. The average Bonchev–Trinajstić information content (AvgIpc) is 2.23. The van der Waals surface area contributed by atoms with E-state index in [1.165, 1.54) is 334 Å². The van der Waals surface area contributed by atoms with Crippen LogP contribution in [-0.2, 0) is 32.7 Å². The monoisotopic (exact) mass is 1310 g/mol. The molecular formula is C82H156NO8P. The van der Waals surface area contributed by atoms with Gasteiger partial charge in [0.05, 0.1) is 27.7 Å². The highest BCUT2D eigenvalue weighted by Crippen LogP contribution is 2.38. The van der Waals surface area contributed by atoms with E-state index in [0.29, 0.717) is 17.4 Å². The molecule has 0 aliphatic heterocycles. The van der Waals surface area contributed by atoms with Gasteiger partial charge in [-0.05, 0) is 77.0 Å². The maximum absolute atomic E-state index is 12.9. The number of phosphoric ester groups is 1. The van der Waals surface area contributed by atoms with E-state index in [1.807, 2.05) is 21.1 Å². The second-order valence-electron chi connectivity index (χ2n) is 28.8. The predicted octanol–water partition coefficient (Wildman–Crippen LogP) is 26.1. The lowest BCUT2D eigenvalue weighted by Gasteiger charge is -2.28. The third-order valence-corrected chi connectivity index (χ3v) is 19.3. The zero-order chi connectivity index (χ0) is 66.9. The standard InChI is InChI=1S/C82H156NO8P/c1-6-8-10-12-14-16-18-20-22-24-26-28-30-32-34-36-38-40-41-43-44-46-48-50-52-54-56-58-60-62-64-66-68-70-72-74-81(84)88-78-80(79-90-92(86,87)89-77-76-83(3,4)5)91-82(85)75-73-71-69-67-65-63-61-59-57-55-53-51-49-47-45-42-39-37-35-33-31-29-27-25-23-21-19-17-15-13-11-9-7-2/h19,21,24-27,31,33,80H,6-18,20,22-23,28-30,32,34-79H2,1-5H3/b21-19-,26-24-,27-25-,33-31-. The summed E-state index contributed by atoms with van der Waals surface area (Å²) in [6.07, 6.45) is 96.7. The first kappa shape index (κ1) is 90.0. The van der Waals surface area contributed by atoms with Crippen LogP contribution >= 0.6 is 7.82 Å². The fourth-order valence-electron chi connectivity index (χ4n) is 12.1. The molecule has 92 heavy (non-hydrogen) atoms. The number of esters is 2. The van der Waals surface area contributed by atoms with E-state index >= 15 is 0 Å². The van der Waals surface area contributed by atoms with Gasteiger partial charge in [-0.25, -0.2) is 0 Å². The molecule has 0 aromatic heterocycles. The van der Waals surface area contributed by atoms with Crippen molar-refractivity contribution in [3.8, 4) is 0 Å². The molecule has 0 N–H and O–H groups in total. The molecule has 10 heteroatoms. The van der Waals surface area contributed by atoms with Crippen LogP contribution in [0.25, 0.3) is 0 Å². The van der Waals surface area contributed by atoms with Gasteiger partial charge in [0, 0.05) is 12.8 Å². The van der Waals surface area contributed by atoms with Crippen LogP contribution in [0.2, 0.25) is 0 Å². The zero-order valence-corrected chi connectivity index (χ0v) is 62.9. The van der Waals surface area contributed by atoms with Crippen LogP contribution in [0.3, 0.4) is 0 Å². The van der Waals surface area contributed by atoms with Gasteiger partial charge in [-0.3, -0.25) is 14.2 Å². The lowest BCUT2D eigenvalue weighted by atomic mass is 10.0. The topological polar surface area (TPSA) is 111 Å².